The van der Waals surface area contributed by atoms with E-state index in [1.54, 1.807) is 6.92 Å². The lowest BCUT2D eigenvalue weighted by Crippen LogP contribution is -2.59. The van der Waals surface area contributed by atoms with Crippen LogP contribution in [0.1, 0.15) is 26.2 Å². The summed E-state index contributed by atoms with van der Waals surface area (Å²) in [5.41, 5.74) is -1.00. The minimum Gasteiger partial charge on any atom is -0.468 e. The van der Waals surface area contributed by atoms with Gasteiger partial charge in [-0.3, -0.25) is 19.8 Å². The van der Waals surface area contributed by atoms with Crippen LogP contribution in [-0.2, 0) is 19.1 Å². The average molecular weight is 266 g/mol. The molecular formula is C13H18N2O4. The molecule has 19 heavy (non-hydrogen) atoms. The van der Waals surface area contributed by atoms with Crippen LogP contribution in [0.2, 0.25) is 0 Å². The van der Waals surface area contributed by atoms with Crippen molar-refractivity contribution in [1.82, 2.24) is 10.2 Å². The smallest absolute Gasteiger partial charge is 0.327 e. The quantitative estimate of drug-likeness (QED) is 0.545. The Kier molecular flexibility index (Phi) is 2.67. The molecule has 2 amide bonds. The molecule has 1 saturated heterocycles. The lowest BCUT2D eigenvalue weighted by Gasteiger charge is -2.32. The molecule has 0 aromatic carbocycles. The lowest BCUT2D eigenvalue weighted by atomic mass is 10.0. The van der Waals surface area contributed by atoms with E-state index < -0.39 is 11.5 Å². The third-order valence-corrected chi connectivity index (χ3v) is 4.17. The van der Waals surface area contributed by atoms with E-state index in [0.717, 1.165) is 12.8 Å². The minimum atomic E-state index is -1.00. The molecule has 0 aromatic rings. The molecule has 0 aromatic heterocycles. The fourth-order valence-corrected chi connectivity index (χ4v) is 2.79. The third-order valence-electron chi connectivity index (χ3n) is 4.17. The van der Waals surface area contributed by atoms with Gasteiger partial charge in [0, 0.05) is 6.04 Å². The van der Waals surface area contributed by atoms with Crippen LogP contribution < -0.4 is 5.32 Å². The molecule has 0 spiro atoms. The van der Waals surface area contributed by atoms with Crippen LogP contribution in [0.4, 0.5) is 0 Å². The molecule has 104 valence electrons. The first-order valence-electron chi connectivity index (χ1n) is 6.67. The van der Waals surface area contributed by atoms with Crippen LogP contribution in [-0.4, -0.2) is 47.9 Å². The second kappa shape index (κ2) is 4.03. The Balaban J connectivity index is 1.75. The molecule has 1 heterocycles. The molecule has 3 rings (SSSR count). The number of hydrogen-bond acceptors (Lipinski definition) is 5. The molecule has 6 heteroatoms. The number of fused-ring (bicyclic) bond motifs is 1. The summed E-state index contributed by atoms with van der Waals surface area (Å²) in [5.74, 6) is -0.961. The lowest BCUT2D eigenvalue weighted by molar-refractivity contribution is -0.151. The predicted molar refractivity (Wildman–Crippen MR) is 64.9 cm³/mol. The number of likely N-dealkylation sites (tertiary alicyclic amines) is 1. The van der Waals surface area contributed by atoms with Gasteiger partial charge < -0.3 is 4.74 Å². The zero-order valence-corrected chi connectivity index (χ0v) is 11.1. The van der Waals surface area contributed by atoms with E-state index in [-0.39, 0.29) is 36.2 Å². The molecule has 3 aliphatic rings. The summed E-state index contributed by atoms with van der Waals surface area (Å²) in [5, 5.41) is 3.20. The Bertz CT molecular complexity index is 440. The molecule has 3 unspecified atom stereocenters. The van der Waals surface area contributed by atoms with Gasteiger partial charge in [0.1, 0.15) is 5.54 Å². The van der Waals surface area contributed by atoms with Gasteiger partial charge in [0.25, 0.3) is 0 Å². The predicted octanol–water partition coefficient (Wildman–Crippen LogP) is -0.325. The first kappa shape index (κ1) is 12.6. The van der Waals surface area contributed by atoms with Gasteiger partial charge in [-0.2, -0.15) is 0 Å². The van der Waals surface area contributed by atoms with Gasteiger partial charge in [0.15, 0.2) is 0 Å². The van der Waals surface area contributed by atoms with Crippen molar-refractivity contribution in [2.45, 2.75) is 37.8 Å². The maximum absolute atomic E-state index is 12.0. The van der Waals surface area contributed by atoms with Crippen LogP contribution in [0.15, 0.2) is 0 Å². The number of rotatable bonds is 5. The summed E-state index contributed by atoms with van der Waals surface area (Å²) in [7, 11) is 1.32. The Hall–Kier alpha value is -1.43. The summed E-state index contributed by atoms with van der Waals surface area (Å²) in [4.78, 5) is 37.1. The molecule has 6 nitrogen and oxygen atoms in total. The molecule has 1 N–H and O–H groups in total. The topological polar surface area (TPSA) is 75.7 Å². The number of piperidine rings is 1. The highest BCUT2D eigenvalue weighted by atomic mass is 16.5. The standard InChI is InChI=1S/C13H18N2O4/c1-13(12(18)19-2,14-7-3-4-7)6-15-10(16)8-5-9(8)11(15)17/h7-9,14H,3-6H2,1-2H3. The second-order valence-corrected chi connectivity index (χ2v) is 5.95. The first-order chi connectivity index (χ1) is 8.96. The van der Waals surface area contributed by atoms with Gasteiger partial charge in [-0.1, -0.05) is 0 Å². The van der Waals surface area contributed by atoms with Crippen molar-refractivity contribution < 1.29 is 19.1 Å². The van der Waals surface area contributed by atoms with Crippen LogP contribution in [0.25, 0.3) is 0 Å². The number of carbonyl (C=O) groups is 3. The zero-order chi connectivity index (χ0) is 13.8. The number of ether oxygens (including phenoxy) is 1. The highest BCUT2D eigenvalue weighted by Crippen LogP contribution is 2.47. The van der Waals surface area contributed by atoms with Crippen LogP contribution in [0.5, 0.6) is 0 Å². The Morgan fingerprint density at radius 3 is 2.42 bits per heavy atom. The highest BCUT2D eigenvalue weighted by molar-refractivity contribution is 6.09. The Labute approximate surface area is 111 Å². The maximum atomic E-state index is 12.0. The summed E-state index contributed by atoms with van der Waals surface area (Å²) >= 11 is 0. The van der Waals surface area contributed by atoms with Crippen molar-refractivity contribution in [1.29, 1.82) is 0 Å². The molecule has 3 atom stereocenters. The zero-order valence-electron chi connectivity index (χ0n) is 11.1. The highest BCUT2D eigenvalue weighted by Gasteiger charge is 2.60. The van der Waals surface area contributed by atoms with Crippen LogP contribution >= 0.6 is 0 Å². The number of amides is 2. The average Bonchev–Trinajstić information content (AvgIpc) is 3.25. The fourth-order valence-electron chi connectivity index (χ4n) is 2.79. The van der Waals surface area contributed by atoms with Gasteiger partial charge in [-0.25, -0.2) is 4.79 Å². The monoisotopic (exact) mass is 266 g/mol. The van der Waals surface area contributed by atoms with E-state index in [1.165, 1.54) is 12.0 Å². The van der Waals surface area contributed by atoms with Crippen LogP contribution in [0.3, 0.4) is 0 Å². The first-order valence-corrected chi connectivity index (χ1v) is 6.67. The molecule has 0 radical (unpaired) electrons. The number of methoxy groups -OCH3 is 1. The minimum absolute atomic E-state index is 0.0703. The number of nitrogens with zero attached hydrogens (tertiary/aromatic N) is 1. The SMILES string of the molecule is COC(=O)C(C)(CN1C(=O)C2CC2C1=O)NC1CC1. The van der Waals surface area contributed by atoms with Gasteiger partial charge in [-0.15, -0.1) is 0 Å². The van der Waals surface area contributed by atoms with E-state index in [4.69, 9.17) is 4.74 Å². The molecule has 1 aliphatic heterocycles. The van der Waals surface area contributed by atoms with E-state index in [1.807, 2.05) is 0 Å². The second-order valence-electron chi connectivity index (χ2n) is 5.95. The number of nitrogens with one attached hydrogen (secondary N) is 1. The normalized spacial score (nSPS) is 32.0. The summed E-state index contributed by atoms with van der Waals surface area (Å²) in [6, 6.07) is 0.284. The summed E-state index contributed by atoms with van der Waals surface area (Å²) in [6.07, 6.45) is 2.71. The van der Waals surface area contributed by atoms with Gasteiger partial charge in [0.05, 0.1) is 25.5 Å². The Morgan fingerprint density at radius 1 is 1.37 bits per heavy atom. The number of hydrogen-bond donors (Lipinski definition) is 1. The number of carbonyl (C=O) groups excluding carboxylic acids is 3. The van der Waals surface area contributed by atoms with Gasteiger partial charge >= 0.3 is 5.97 Å². The summed E-state index contributed by atoms with van der Waals surface area (Å²) in [6.45, 7) is 1.77. The molecule has 3 fully saturated rings. The number of imide groups is 1. The largest absolute Gasteiger partial charge is 0.468 e. The number of esters is 1. The van der Waals surface area contributed by atoms with Crippen molar-refractivity contribution in [3.05, 3.63) is 0 Å². The van der Waals surface area contributed by atoms with Crippen molar-refractivity contribution in [2.75, 3.05) is 13.7 Å². The van der Waals surface area contributed by atoms with E-state index in [9.17, 15) is 14.4 Å². The van der Waals surface area contributed by atoms with Crippen molar-refractivity contribution >= 4 is 17.8 Å². The van der Waals surface area contributed by atoms with Gasteiger partial charge in [-0.05, 0) is 26.2 Å². The molecule has 2 aliphatic carbocycles. The van der Waals surface area contributed by atoms with Crippen molar-refractivity contribution in [2.24, 2.45) is 11.8 Å². The van der Waals surface area contributed by atoms with E-state index in [2.05, 4.69) is 5.32 Å². The van der Waals surface area contributed by atoms with Gasteiger partial charge in [0.2, 0.25) is 11.8 Å². The maximum Gasteiger partial charge on any atom is 0.327 e. The molecular weight excluding hydrogens is 248 g/mol. The third kappa shape index (κ3) is 2.04. The molecule has 2 saturated carbocycles. The van der Waals surface area contributed by atoms with E-state index >= 15 is 0 Å². The van der Waals surface area contributed by atoms with Crippen molar-refractivity contribution in [3.8, 4) is 0 Å². The van der Waals surface area contributed by atoms with Crippen LogP contribution in [0, 0.1) is 11.8 Å². The van der Waals surface area contributed by atoms with Crippen molar-refractivity contribution in [3.63, 3.8) is 0 Å². The Morgan fingerprint density at radius 2 is 1.95 bits per heavy atom. The molecule has 0 bridgehead atoms. The van der Waals surface area contributed by atoms with E-state index in [0.29, 0.717) is 6.42 Å². The fraction of sp³-hybridized carbons (Fsp3) is 0.769. The summed E-state index contributed by atoms with van der Waals surface area (Å²) < 4.78 is 4.81.